The number of rotatable bonds is 2. The molecular formula is C3N2O5S. The molecule has 7 nitrogen and oxygen atoms in total. The molecule has 0 unspecified atom stereocenters. The molecule has 11 heavy (non-hydrogen) atoms. The zero-order chi connectivity index (χ0) is 8.91. The molecule has 0 fully saturated rings. The second kappa shape index (κ2) is 3.39. The molecule has 8 heteroatoms. The number of carbonyl (C=O) groups is 1. The van der Waals surface area contributed by atoms with E-state index in [-0.39, 0.29) is 0 Å². The van der Waals surface area contributed by atoms with Crippen molar-refractivity contribution in [2.45, 2.75) is 0 Å². The maximum atomic E-state index is 10.2. The molecule has 0 bridgehead atoms. The van der Waals surface area contributed by atoms with Crippen LogP contribution in [0.4, 0.5) is 0 Å². The van der Waals surface area contributed by atoms with Crippen LogP contribution in [-0.4, -0.2) is 14.4 Å². The minimum atomic E-state index is -4.68. The summed E-state index contributed by atoms with van der Waals surface area (Å²) in [7, 11) is -4.68. The van der Waals surface area contributed by atoms with Crippen LogP contribution < -0.4 is 0 Å². The van der Waals surface area contributed by atoms with Gasteiger partial charge in [-0.1, -0.05) is 0 Å². The summed E-state index contributed by atoms with van der Waals surface area (Å²) in [6.07, 6.45) is 0.763. The van der Waals surface area contributed by atoms with Crippen molar-refractivity contribution in [3.8, 4) is 12.3 Å². The number of nitrogens with zero attached hydrogens (tertiary/aromatic N) is 2. The van der Waals surface area contributed by atoms with E-state index >= 15 is 0 Å². The monoisotopic (exact) mass is 176 g/mol. The zero-order valence-corrected chi connectivity index (χ0v) is 5.66. The Balaban J connectivity index is 4.32. The Morgan fingerprint density at radius 2 is 1.91 bits per heavy atom. The van der Waals surface area contributed by atoms with E-state index < -0.39 is 16.4 Å². The molecule has 0 aliphatic heterocycles. The first-order chi connectivity index (χ1) is 5.02. The molecule has 0 atom stereocenters. The van der Waals surface area contributed by atoms with Crippen LogP contribution in [0.25, 0.3) is 0 Å². The molecule has 0 spiro atoms. The van der Waals surface area contributed by atoms with E-state index in [9.17, 15) is 13.2 Å². The molecule has 0 saturated heterocycles. The summed E-state index contributed by atoms with van der Waals surface area (Å²) < 4.78 is 27.0. The van der Waals surface area contributed by atoms with Gasteiger partial charge in [0.05, 0.1) is 0 Å². The maximum Gasteiger partial charge on any atom is 0.514 e. The topological polar surface area (TPSA) is 117 Å². The molecule has 0 aromatic carbocycles. The van der Waals surface area contributed by atoms with Crippen LogP contribution in [0.2, 0.25) is 0 Å². The molecule has 0 rings (SSSR count). The lowest BCUT2D eigenvalue weighted by Crippen LogP contribution is -2.11. The summed E-state index contributed by atoms with van der Waals surface area (Å²) in [6.45, 7) is 0. The predicted octanol–water partition coefficient (Wildman–Crippen LogP) is -1.20. The Kier molecular flexibility index (Phi) is 2.83. The van der Waals surface area contributed by atoms with Crippen molar-refractivity contribution in [3.63, 3.8) is 0 Å². The molecule has 0 amide bonds. The van der Waals surface area contributed by atoms with Gasteiger partial charge in [0.1, 0.15) is 0 Å². The summed E-state index contributed by atoms with van der Waals surface area (Å²) >= 11 is 0. The molecule has 0 aliphatic rings. The fraction of sp³-hybridized carbons (Fsp3) is 0. The largest absolute Gasteiger partial charge is 0.514 e. The van der Waals surface area contributed by atoms with Gasteiger partial charge in [-0.3, -0.25) is 4.18 Å². The zero-order valence-electron chi connectivity index (χ0n) is 4.84. The van der Waals surface area contributed by atoms with E-state index in [0.29, 0.717) is 0 Å². The van der Waals surface area contributed by atoms with Crippen molar-refractivity contribution >= 4 is 16.4 Å². The molecule has 0 saturated carbocycles. The van der Waals surface area contributed by atoms with Crippen LogP contribution in [0.1, 0.15) is 0 Å². The molecule has 0 heterocycles. The van der Waals surface area contributed by atoms with Crippen molar-refractivity contribution in [1.29, 1.82) is 10.5 Å². The van der Waals surface area contributed by atoms with E-state index in [0.717, 1.165) is 12.3 Å². The molecule has 0 aromatic heterocycles. The fourth-order valence-electron chi connectivity index (χ4n) is 0.174. The van der Waals surface area contributed by atoms with Crippen molar-refractivity contribution in [3.05, 3.63) is 0 Å². The van der Waals surface area contributed by atoms with E-state index in [1.165, 1.54) is 0 Å². The highest BCUT2D eigenvalue weighted by Crippen LogP contribution is 1.93. The lowest BCUT2D eigenvalue weighted by molar-refractivity contribution is -0.128. The van der Waals surface area contributed by atoms with Crippen LogP contribution in [0, 0.1) is 22.8 Å². The second-order valence-electron chi connectivity index (χ2n) is 1.07. The Hall–Kier alpha value is -1.80. The van der Waals surface area contributed by atoms with Gasteiger partial charge in [-0.05, 0) is 0 Å². The number of carbonyl (C=O) groups excluding carboxylic acids is 1. The van der Waals surface area contributed by atoms with Crippen molar-refractivity contribution < 1.29 is 21.6 Å². The maximum absolute atomic E-state index is 10.2. The summed E-state index contributed by atoms with van der Waals surface area (Å²) in [4.78, 5) is 9.95. The van der Waals surface area contributed by atoms with Crippen molar-refractivity contribution in [2.24, 2.45) is 0 Å². The lowest BCUT2D eigenvalue weighted by Gasteiger charge is -1.93. The molecule has 0 radical (unpaired) electrons. The Bertz CT molecular complexity index is 330. The normalized spacial score (nSPS) is 8.91. The molecule has 0 aliphatic carbocycles. The second-order valence-corrected chi connectivity index (χ2v) is 2.22. The van der Waals surface area contributed by atoms with Gasteiger partial charge in [-0.25, -0.2) is 4.79 Å². The Morgan fingerprint density at radius 1 is 1.36 bits per heavy atom. The molecule has 0 aromatic rings. The SMILES string of the molecule is N#COS(=O)(=O)OC(=O)C#N. The smallest absolute Gasteiger partial charge is 0.302 e. The average molecular weight is 176 g/mol. The quantitative estimate of drug-likeness (QED) is 0.382. The highest BCUT2D eigenvalue weighted by atomic mass is 32.3. The van der Waals surface area contributed by atoms with Crippen molar-refractivity contribution in [2.75, 3.05) is 0 Å². The van der Waals surface area contributed by atoms with E-state index in [1.54, 1.807) is 0 Å². The molecule has 58 valence electrons. The van der Waals surface area contributed by atoms with Gasteiger partial charge in [0.15, 0.2) is 6.07 Å². The summed E-state index contributed by atoms with van der Waals surface area (Å²) in [6, 6.07) is 0.850. The molecule has 0 N–H and O–H groups in total. The Labute approximate surface area is 61.7 Å². The minimum absolute atomic E-state index is 0.763. The van der Waals surface area contributed by atoms with E-state index in [1.807, 2.05) is 0 Å². The highest BCUT2D eigenvalue weighted by molar-refractivity contribution is 7.82. The van der Waals surface area contributed by atoms with Crippen LogP contribution in [-0.2, 0) is 23.6 Å². The first-order valence-electron chi connectivity index (χ1n) is 1.98. The standard InChI is InChI=1S/C3N2O5S/c4-1-3(6)10-11(7,8)9-2-5. The third-order valence-corrected chi connectivity index (χ3v) is 1.04. The summed E-state index contributed by atoms with van der Waals surface area (Å²) in [5.41, 5.74) is 0. The van der Waals surface area contributed by atoms with Gasteiger partial charge >= 0.3 is 22.6 Å². The third kappa shape index (κ3) is 3.72. The van der Waals surface area contributed by atoms with Gasteiger partial charge in [-0.2, -0.15) is 5.26 Å². The van der Waals surface area contributed by atoms with Crippen molar-refractivity contribution in [1.82, 2.24) is 0 Å². The van der Waals surface area contributed by atoms with Crippen LogP contribution in [0.5, 0.6) is 0 Å². The van der Waals surface area contributed by atoms with Crippen LogP contribution in [0.15, 0.2) is 0 Å². The summed E-state index contributed by atoms with van der Waals surface area (Å²) in [5, 5.41) is 15.4. The number of hydrogen-bond acceptors (Lipinski definition) is 7. The van der Waals surface area contributed by atoms with E-state index in [2.05, 4.69) is 8.37 Å². The number of hydrogen-bond donors (Lipinski definition) is 0. The fourth-order valence-corrected chi connectivity index (χ4v) is 0.522. The van der Waals surface area contributed by atoms with E-state index in [4.69, 9.17) is 10.5 Å². The third-order valence-electron chi connectivity index (χ3n) is 0.408. The Morgan fingerprint density at radius 3 is 2.27 bits per heavy atom. The summed E-state index contributed by atoms with van der Waals surface area (Å²) in [5.74, 6) is -1.67. The first-order valence-corrected chi connectivity index (χ1v) is 3.31. The average Bonchev–Trinajstić information content (AvgIpc) is 1.86. The highest BCUT2D eigenvalue weighted by Gasteiger charge is 2.17. The first kappa shape index (κ1) is 9.20. The minimum Gasteiger partial charge on any atom is -0.302 e. The lowest BCUT2D eigenvalue weighted by atomic mass is 10.8. The van der Waals surface area contributed by atoms with Crippen LogP contribution >= 0.6 is 0 Å². The van der Waals surface area contributed by atoms with Gasteiger partial charge < -0.3 is 4.18 Å². The van der Waals surface area contributed by atoms with Gasteiger partial charge in [-0.15, -0.1) is 13.7 Å². The van der Waals surface area contributed by atoms with Gasteiger partial charge in [0.25, 0.3) is 0 Å². The number of nitriles is 2. The van der Waals surface area contributed by atoms with Gasteiger partial charge in [0.2, 0.25) is 0 Å². The van der Waals surface area contributed by atoms with Crippen LogP contribution in [0.3, 0.4) is 0 Å². The molecular weight excluding hydrogens is 176 g/mol. The predicted molar refractivity (Wildman–Crippen MR) is 27.3 cm³/mol. The van der Waals surface area contributed by atoms with Gasteiger partial charge in [0, 0.05) is 0 Å².